The highest BCUT2D eigenvalue weighted by Crippen LogP contribution is 2.29. The third kappa shape index (κ3) is 5.91. The van der Waals surface area contributed by atoms with Crippen LogP contribution in [-0.4, -0.2) is 37.3 Å². The maximum absolute atomic E-state index is 12.1. The van der Waals surface area contributed by atoms with Crippen LogP contribution in [-0.2, 0) is 4.79 Å². The molecule has 0 aliphatic carbocycles. The van der Waals surface area contributed by atoms with Crippen LogP contribution in [0, 0.1) is 10.1 Å². The van der Waals surface area contributed by atoms with E-state index in [1.165, 1.54) is 45.6 Å². The average Bonchev–Trinajstić information content (AvgIpc) is 2.71. The molecule has 9 nitrogen and oxygen atoms in total. The number of anilines is 1. The standard InChI is InChI=1S/C19H19N3O6S/c1-26-13-6-7-14(15(11-13)22(24)25)20-19(29)21-18(23)9-5-12-4-8-16(27-2)17(10-12)28-3/h4-11H,1-3H3,(H2,20,21,23,29)/b9-5+. The van der Waals surface area contributed by atoms with Gasteiger partial charge in [0.1, 0.15) is 11.4 Å². The lowest BCUT2D eigenvalue weighted by Crippen LogP contribution is -2.33. The molecular formula is C19H19N3O6S. The highest BCUT2D eigenvalue weighted by atomic mass is 32.1. The van der Waals surface area contributed by atoms with Crippen LogP contribution in [0.5, 0.6) is 17.2 Å². The van der Waals surface area contributed by atoms with E-state index >= 15 is 0 Å². The van der Waals surface area contributed by atoms with E-state index in [2.05, 4.69) is 10.6 Å². The zero-order valence-electron chi connectivity index (χ0n) is 15.9. The van der Waals surface area contributed by atoms with Crippen molar-refractivity contribution in [2.75, 3.05) is 26.6 Å². The molecule has 1 amide bonds. The SMILES string of the molecule is COc1ccc(NC(=S)NC(=O)/C=C/c2ccc(OC)c(OC)c2)c([N+](=O)[O-])c1. The molecule has 2 rings (SSSR count). The topological polar surface area (TPSA) is 112 Å². The van der Waals surface area contributed by atoms with E-state index in [0.717, 1.165) is 0 Å². The van der Waals surface area contributed by atoms with E-state index in [1.807, 2.05) is 0 Å². The predicted molar refractivity (Wildman–Crippen MR) is 113 cm³/mol. The zero-order chi connectivity index (χ0) is 21.4. The molecular weight excluding hydrogens is 398 g/mol. The fourth-order valence-corrected chi connectivity index (χ4v) is 2.54. The molecule has 0 aliphatic heterocycles. The van der Waals surface area contributed by atoms with E-state index in [4.69, 9.17) is 26.4 Å². The third-order valence-electron chi connectivity index (χ3n) is 3.72. The van der Waals surface area contributed by atoms with Gasteiger partial charge in [-0.3, -0.25) is 20.2 Å². The maximum Gasteiger partial charge on any atom is 0.296 e. The Morgan fingerprint density at radius 3 is 2.41 bits per heavy atom. The van der Waals surface area contributed by atoms with Crippen molar-refractivity contribution in [3.05, 3.63) is 58.2 Å². The van der Waals surface area contributed by atoms with Crippen LogP contribution < -0.4 is 24.8 Å². The quantitative estimate of drug-likeness (QED) is 0.306. The van der Waals surface area contributed by atoms with E-state index in [9.17, 15) is 14.9 Å². The predicted octanol–water partition coefficient (Wildman–Crippen LogP) is 3.15. The third-order valence-corrected chi connectivity index (χ3v) is 3.93. The molecule has 0 radical (unpaired) electrons. The molecule has 0 spiro atoms. The maximum atomic E-state index is 12.1. The van der Waals surface area contributed by atoms with Crippen LogP contribution in [0.1, 0.15) is 5.56 Å². The Bertz CT molecular complexity index is 961. The van der Waals surface area contributed by atoms with Gasteiger partial charge in [0.15, 0.2) is 16.6 Å². The van der Waals surface area contributed by atoms with E-state index in [0.29, 0.717) is 22.8 Å². The van der Waals surface area contributed by atoms with Gasteiger partial charge in [-0.15, -0.1) is 0 Å². The minimum absolute atomic E-state index is 0.0831. The molecule has 0 heterocycles. The van der Waals surface area contributed by atoms with Crippen molar-refractivity contribution < 1.29 is 23.9 Å². The summed E-state index contributed by atoms with van der Waals surface area (Å²) in [6, 6.07) is 9.41. The average molecular weight is 417 g/mol. The molecule has 0 saturated heterocycles. The number of carbonyl (C=O) groups is 1. The number of nitro groups is 1. The van der Waals surface area contributed by atoms with Crippen molar-refractivity contribution in [2.24, 2.45) is 0 Å². The molecule has 2 aromatic carbocycles. The lowest BCUT2D eigenvalue weighted by molar-refractivity contribution is -0.384. The summed E-state index contributed by atoms with van der Waals surface area (Å²) < 4.78 is 15.3. The smallest absolute Gasteiger partial charge is 0.296 e. The Balaban J connectivity index is 2.04. The Kier molecular flexibility index (Phi) is 7.49. The van der Waals surface area contributed by atoms with Gasteiger partial charge in [0.2, 0.25) is 5.91 Å². The van der Waals surface area contributed by atoms with Crippen molar-refractivity contribution in [1.29, 1.82) is 0 Å². The Labute approximate surface area is 172 Å². The molecule has 0 bridgehead atoms. The number of nitro benzene ring substituents is 1. The molecule has 2 aromatic rings. The molecule has 29 heavy (non-hydrogen) atoms. The van der Waals surface area contributed by atoms with E-state index < -0.39 is 10.8 Å². The number of nitrogens with one attached hydrogen (secondary N) is 2. The van der Waals surface area contributed by atoms with Crippen molar-refractivity contribution in [3.8, 4) is 17.2 Å². The van der Waals surface area contributed by atoms with Gasteiger partial charge in [-0.05, 0) is 48.1 Å². The zero-order valence-corrected chi connectivity index (χ0v) is 16.7. The van der Waals surface area contributed by atoms with Crippen LogP contribution >= 0.6 is 12.2 Å². The molecule has 152 valence electrons. The van der Waals surface area contributed by atoms with E-state index in [1.54, 1.807) is 24.3 Å². The van der Waals surface area contributed by atoms with E-state index in [-0.39, 0.29) is 16.5 Å². The second-order valence-corrected chi connectivity index (χ2v) is 5.94. The molecule has 10 heteroatoms. The second-order valence-electron chi connectivity index (χ2n) is 5.53. The minimum Gasteiger partial charge on any atom is -0.496 e. The van der Waals surface area contributed by atoms with Gasteiger partial charge >= 0.3 is 0 Å². The van der Waals surface area contributed by atoms with Gasteiger partial charge in [-0.2, -0.15) is 0 Å². The van der Waals surface area contributed by atoms with Crippen LogP contribution in [0.3, 0.4) is 0 Å². The van der Waals surface area contributed by atoms with Crippen LogP contribution in [0.25, 0.3) is 6.08 Å². The summed E-state index contributed by atoms with van der Waals surface area (Å²) in [5.74, 6) is 0.920. The molecule has 2 N–H and O–H groups in total. The summed E-state index contributed by atoms with van der Waals surface area (Å²) in [7, 11) is 4.45. The molecule has 0 atom stereocenters. The van der Waals surface area contributed by atoms with Crippen LogP contribution in [0.2, 0.25) is 0 Å². The lowest BCUT2D eigenvalue weighted by atomic mass is 10.2. The number of nitrogens with zero attached hydrogens (tertiary/aromatic N) is 1. The van der Waals surface area contributed by atoms with Crippen molar-refractivity contribution in [2.45, 2.75) is 0 Å². The van der Waals surface area contributed by atoms with Gasteiger partial charge < -0.3 is 19.5 Å². The van der Waals surface area contributed by atoms with Gasteiger partial charge in [0, 0.05) is 6.08 Å². The first-order valence-corrected chi connectivity index (χ1v) is 8.63. The van der Waals surface area contributed by atoms with Gasteiger partial charge in [0.05, 0.1) is 32.3 Å². The molecule has 0 fully saturated rings. The number of carbonyl (C=O) groups excluding carboxylic acids is 1. The minimum atomic E-state index is -0.577. The molecule has 0 saturated carbocycles. The number of thiocarbonyl (C=S) groups is 1. The first-order valence-electron chi connectivity index (χ1n) is 8.22. The summed E-state index contributed by atoms with van der Waals surface area (Å²) in [5.41, 5.74) is 0.606. The highest BCUT2D eigenvalue weighted by Gasteiger charge is 2.16. The Morgan fingerprint density at radius 2 is 1.79 bits per heavy atom. The van der Waals surface area contributed by atoms with Crippen molar-refractivity contribution in [3.63, 3.8) is 0 Å². The fourth-order valence-electron chi connectivity index (χ4n) is 2.33. The molecule has 0 aliphatic rings. The van der Waals surface area contributed by atoms with Gasteiger partial charge in [0.25, 0.3) is 5.69 Å². The van der Waals surface area contributed by atoms with Crippen molar-refractivity contribution >= 4 is 40.7 Å². The number of hydrogen-bond donors (Lipinski definition) is 2. The molecule has 0 aromatic heterocycles. The number of hydrogen-bond acceptors (Lipinski definition) is 7. The summed E-state index contributed by atoms with van der Waals surface area (Å²) in [5, 5.41) is 16.2. The summed E-state index contributed by atoms with van der Waals surface area (Å²) in [6.45, 7) is 0. The number of ether oxygens (including phenoxy) is 3. The monoisotopic (exact) mass is 417 g/mol. The van der Waals surface area contributed by atoms with Gasteiger partial charge in [-0.1, -0.05) is 6.07 Å². The lowest BCUT2D eigenvalue weighted by Gasteiger charge is -2.10. The fraction of sp³-hybridized carbons (Fsp3) is 0.158. The Morgan fingerprint density at radius 1 is 1.07 bits per heavy atom. The number of benzene rings is 2. The normalized spacial score (nSPS) is 10.3. The van der Waals surface area contributed by atoms with Gasteiger partial charge in [-0.25, -0.2) is 0 Å². The largest absolute Gasteiger partial charge is 0.496 e. The van der Waals surface area contributed by atoms with Crippen LogP contribution in [0.4, 0.5) is 11.4 Å². The first-order chi connectivity index (χ1) is 13.9. The van der Waals surface area contributed by atoms with Crippen LogP contribution in [0.15, 0.2) is 42.5 Å². The number of amides is 1. The van der Waals surface area contributed by atoms with Crippen molar-refractivity contribution in [1.82, 2.24) is 5.32 Å². The summed E-state index contributed by atoms with van der Waals surface area (Å²) in [4.78, 5) is 22.7. The highest BCUT2D eigenvalue weighted by molar-refractivity contribution is 7.80. The Hall–Kier alpha value is -3.66. The summed E-state index contributed by atoms with van der Waals surface area (Å²) in [6.07, 6.45) is 2.84. The number of methoxy groups -OCH3 is 3. The second kappa shape index (κ2) is 10.0. The molecule has 0 unspecified atom stereocenters. The number of rotatable bonds is 7. The summed E-state index contributed by atoms with van der Waals surface area (Å²) >= 11 is 5.06. The first kappa shape index (κ1) is 21.6.